The van der Waals surface area contributed by atoms with E-state index in [1.165, 1.54) is 12.8 Å². The van der Waals surface area contributed by atoms with Crippen molar-refractivity contribution in [2.45, 2.75) is 39.3 Å². The summed E-state index contributed by atoms with van der Waals surface area (Å²) in [7, 11) is 0. The molecule has 3 nitrogen and oxygen atoms in total. The number of rotatable bonds is 3. The monoisotopic (exact) mass is 263 g/mol. The first-order valence-electron chi connectivity index (χ1n) is 6.55. The lowest BCUT2D eigenvalue weighted by Gasteiger charge is -2.37. The topological polar surface area (TPSA) is 42.2 Å². The van der Waals surface area contributed by atoms with Crippen molar-refractivity contribution in [2.75, 3.05) is 6.54 Å². The Bertz CT molecular complexity index is 433. The van der Waals surface area contributed by atoms with Crippen molar-refractivity contribution < 1.29 is 0 Å². The van der Waals surface area contributed by atoms with E-state index >= 15 is 0 Å². The summed E-state index contributed by atoms with van der Waals surface area (Å²) >= 11 is 5.07. The summed E-state index contributed by atoms with van der Waals surface area (Å²) in [6.07, 6.45) is 4.34. The highest BCUT2D eigenvalue weighted by molar-refractivity contribution is 7.80. The molecule has 1 fully saturated rings. The minimum absolute atomic E-state index is 0.392. The Morgan fingerprint density at radius 1 is 1.50 bits per heavy atom. The molecule has 2 rings (SSSR count). The van der Waals surface area contributed by atoms with Gasteiger partial charge in [0.15, 0.2) is 0 Å². The summed E-state index contributed by atoms with van der Waals surface area (Å²) < 4.78 is 0. The standard InChI is InChI=1S/C14H21N3S/c1-10-5-6-11(2)17(8-10)9-12-4-3-7-16-13(12)14(15)18/h3-4,7,10-11H,5-6,8-9H2,1-2H3,(H2,15,18). The Kier molecular flexibility index (Phi) is 4.30. The van der Waals surface area contributed by atoms with E-state index in [-0.39, 0.29) is 0 Å². The Hall–Kier alpha value is -1.00. The summed E-state index contributed by atoms with van der Waals surface area (Å²) in [5, 5.41) is 0. The van der Waals surface area contributed by atoms with E-state index in [2.05, 4.69) is 29.8 Å². The Morgan fingerprint density at radius 2 is 2.28 bits per heavy atom. The predicted octanol–water partition coefficient (Wildman–Crippen LogP) is 2.34. The van der Waals surface area contributed by atoms with Gasteiger partial charge in [-0.3, -0.25) is 9.88 Å². The van der Waals surface area contributed by atoms with E-state index in [0.717, 1.165) is 30.3 Å². The molecule has 0 aliphatic carbocycles. The van der Waals surface area contributed by atoms with Crippen LogP contribution in [-0.4, -0.2) is 27.5 Å². The molecule has 0 aromatic carbocycles. The van der Waals surface area contributed by atoms with Crippen LogP contribution in [0.2, 0.25) is 0 Å². The number of pyridine rings is 1. The number of nitrogens with zero attached hydrogens (tertiary/aromatic N) is 2. The third-order valence-corrected chi connectivity index (χ3v) is 3.94. The van der Waals surface area contributed by atoms with Crippen LogP contribution in [0.5, 0.6) is 0 Å². The summed E-state index contributed by atoms with van der Waals surface area (Å²) in [5.41, 5.74) is 7.65. The molecule has 0 saturated carbocycles. The second kappa shape index (κ2) is 5.76. The quantitative estimate of drug-likeness (QED) is 0.850. The molecule has 2 heterocycles. The number of likely N-dealkylation sites (tertiary alicyclic amines) is 1. The molecule has 1 saturated heterocycles. The van der Waals surface area contributed by atoms with E-state index in [1.54, 1.807) is 6.20 Å². The van der Waals surface area contributed by atoms with Crippen molar-refractivity contribution in [3.05, 3.63) is 29.6 Å². The Balaban J connectivity index is 2.15. The molecule has 2 unspecified atom stereocenters. The second-order valence-electron chi connectivity index (χ2n) is 5.34. The minimum Gasteiger partial charge on any atom is -0.388 e. The lowest BCUT2D eigenvalue weighted by atomic mass is 9.94. The van der Waals surface area contributed by atoms with Crippen molar-refractivity contribution in [2.24, 2.45) is 11.7 Å². The van der Waals surface area contributed by atoms with Gasteiger partial charge in [-0.05, 0) is 37.3 Å². The SMILES string of the molecule is CC1CCC(C)N(Cc2cccnc2C(N)=S)C1. The van der Waals surface area contributed by atoms with Gasteiger partial charge < -0.3 is 5.73 Å². The third-order valence-electron chi connectivity index (χ3n) is 3.74. The van der Waals surface area contributed by atoms with Gasteiger partial charge in [0.1, 0.15) is 10.7 Å². The van der Waals surface area contributed by atoms with Crippen molar-refractivity contribution in [1.29, 1.82) is 0 Å². The first-order chi connectivity index (χ1) is 8.58. The Morgan fingerprint density at radius 3 is 3.00 bits per heavy atom. The van der Waals surface area contributed by atoms with Crippen LogP contribution in [-0.2, 0) is 6.54 Å². The molecule has 2 atom stereocenters. The van der Waals surface area contributed by atoms with Gasteiger partial charge in [-0.15, -0.1) is 0 Å². The molecule has 0 amide bonds. The molecule has 1 aromatic rings. The molecule has 1 aliphatic heterocycles. The molecule has 2 N–H and O–H groups in total. The number of piperidine rings is 1. The minimum atomic E-state index is 0.392. The molecule has 4 heteroatoms. The molecule has 0 bridgehead atoms. The fourth-order valence-electron chi connectivity index (χ4n) is 2.61. The molecule has 1 aromatic heterocycles. The third kappa shape index (κ3) is 3.06. The van der Waals surface area contributed by atoms with Crippen LogP contribution in [0, 0.1) is 5.92 Å². The molecule has 98 valence electrons. The lowest BCUT2D eigenvalue weighted by molar-refractivity contribution is 0.117. The average molecular weight is 263 g/mol. The van der Waals surface area contributed by atoms with E-state index in [9.17, 15) is 0 Å². The van der Waals surface area contributed by atoms with Crippen LogP contribution in [0.3, 0.4) is 0 Å². The van der Waals surface area contributed by atoms with Crippen molar-refractivity contribution in [1.82, 2.24) is 9.88 Å². The van der Waals surface area contributed by atoms with Gasteiger partial charge in [-0.2, -0.15) is 0 Å². The normalized spacial score (nSPS) is 25.0. The van der Waals surface area contributed by atoms with Gasteiger partial charge in [-0.25, -0.2) is 0 Å². The zero-order chi connectivity index (χ0) is 13.1. The average Bonchev–Trinajstić information content (AvgIpc) is 2.34. The smallest absolute Gasteiger partial charge is 0.123 e. The van der Waals surface area contributed by atoms with Crippen LogP contribution < -0.4 is 5.73 Å². The van der Waals surface area contributed by atoms with Gasteiger partial charge >= 0.3 is 0 Å². The molecule has 0 radical (unpaired) electrons. The van der Waals surface area contributed by atoms with E-state index < -0.39 is 0 Å². The molecular weight excluding hydrogens is 242 g/mol. The van der Waals surface area contributed by atoms with Crippen molar-refractivity contribution in [3.8, 4) is 0 Å². The van der Waals surface area contributed by atoms with Gasteiger partial charge in [0, 0.05) is 25.3 Å². The summed E-state index contributed by atoms with van der Waals surface area (Å²) in [6, 6.07) is 4.66. The molecule has 18 heavy (non-hydrogen) atoms. The largest absolute Gasteiger partial charge is 0.388 e. The van der Waals surface area contributed by atoms with E-state index in [4.69, 9.17) is 18.0 Å². The maximum absolute atomic E-state index is 5.73. The summed E-state index contributed by atoms with van der Waals surface area (Å²) in [6.45, 7) is 6.65. The Labute approximate surface area is 114 Å². The van der Waals surface area contributed by atoms with E-state index in [0.29, 0.717) is 11.0 Å². The van der Waals surface area contributed by atoms with Crippen LogP contribution in [0.15, 0.2) is 18.3 Å². The molecule has 1 aliphatic rings. The van der Waals surface area contributed by atoms with Gasteiger partial charge in [0.05, 0.1) is 0 Å². The lowest BCUT2D eigenvalue weighted by Crippen LogP contribution is -2.40. The first kappa shape index (κ1) is 13.4. The summed E-state index contributed by atoms with van der Waals surface area (Å²) in [5.74, 6) is 0.770. The van der Waals surface area contributed by atoms with Gasteiger partial charge in [0.2, 0.25) is 0 Å². The second-order valence-corrected chi connectivity index (χ2v) is 5.78. The highest BCUT2D eigenvalue weighted by Crippen LogP contribution is 2.23. The number of nitrogens with two attached hydrogens (primary N) is 1. The maximum atomic E-state index is 5.73. The number of thiocarbonyl (C=S) groups is 1. The van der Waals surface area contributed by atoms with Crippen LogP contribution in [0.4, 0.5) is 0 Å². The van der Waals surface area contributed by atoms with E-state index in [1.807, 2.05) is 6.07 Å². The zero-order valence-corrected chi connectivity index (χ0v) is 11.9. The number of hydrogen-bond acceptors (Lipinski definition) is 3. The molecular formula is C14H21N3S. The number of hydrogen-bond donors (Lipinski definition) is 1. The predicted molar refractivity (Wildman–Crippen MR) is 78.4 cm³/mol. The van der Waals surface area contributed by atoms with Crippen LogP contribution in [0.25, 0.3) is 0 Å². The number of aromatic nitrogens is 1. The van der Waals surface area contributed by atoms with Crippen LogP contribution in [0.1, 0.15) is 37.9 Å². The highest BCUT2D eigenvalue weighted by Gasteiger charge is 2.23. The fraction of sp³-hybridized carbons (Fsp3) is 0.571. The first-order valence-corrected chi connectivity index (χ1v) is 6.96. The van der Waals surface area contributed by atoms with Crippen LogP contribution >= 0.6 is 12.2 Å². The van der Waals surface area contributed by atoms with Gasteiger partial charge in [-0.1, -0.05) is 25.2 Å². The zero-order valence-electron chi connectivity index (χ0n) is 11.1. The highest BCUT2D eigenvalue weighted by atomic mass is 32.1. The van der Waals surface area contributed by atoms with Crippen molar-refractivity contribution in [3.63, 3.8) is 0 Å². The summed E-state index contributed by atoms with van der Waals surface area (Å²) in [4.78, 5) is 7.19. The van der Waals surface area contributed by atoms with Crippen molar-refractivity contribution >= 4 is 17.2 Å². The maximum Gasteiger partial charge on any atom is 0.123 e. The molecule has 0 spiro atoms. The van der Waals surface area contributed by atoms with Gasteiger partial charge in [0.25, 0.3) is 0 Å². The fourth-order valence-corrected chi connectivity index (χ4v) is 2.79.